The Bertz CT molecular complexity index is 403. The Labute approximate surface area is 107 Å². The summed E-state index contributed by atoms with van der Waals surface area (Å²) in [6, 6.07) is 6.47. The van der Waals surface area contributed by atoms with E-state index in [1.807, 2.05) is 18.2 Å². The van der Waals surface area contributed by atoms with Gasteiger partial charge in [-0.15, -0.1) is 0 Å². The second-order valence-electron chi connectivity index (χ2n) is 4.45. The molecule has 4 heteroatoms. The summed E-state index contributed by atoms with van der Waals surface area (Å²) in [4.78, 5) is 2.23. The number of benzene rings is 1. The Balaban J connectivity index is 2.00. The van der Waals surface area contributed by atoms with Crippen LogP contribution in [-0.4, -0.2) is 48.8 Å². The van der Waals surface area contributed by atoms with Gasteiger partial charge in [0.25, 0.3) is 0 Å². The highest BCUT2D eigenvalue weighted by Crippen LogP contribution is 2.09. The lowest BCUT2D eigenvalue weighted by Crippen LogP contribution is -2.48. The molecule has 2 rings (SSSR count). The van der Waals surface area contributed by atoms with Gasteiger partial charge in [0, 0.05) is 26.2 Å². The molecule has 1 aliphatic rings. The summed E-state index contributed by atoms with van der Waals surface area (Å²) in [5.41, 5.74) is 0.823. The van der Waals surface area contributed by atoms with E-state index in [4.69, 9.17) is 0 Å². The van der Waals surface area contributed by atoms with Gasteiger partial charge in [0.05, 0.1) is 12.6 Å². The molecule has 18 heavy (non-hydrogen) atoms. The Morgan fingerprint density at radius 3 is 2.83 bits per heavy atom. The van der Waals surface area contributed by atoms with E-state index in [9.17, 15) is 9.50 Å². The average Bonchev–Trinajstić information content (AvgIpc) is 2.41. The van der Waals surface area contributed by atoms with Gasteiger partial charge < -0.3 is 10.4 Å². The molecule has 0 amide bonds. The number of hydrogen-bond acceptors (Lipinski definition) is 3. The molecule has 0 aliphatic carbocycles. The molecule has 1 aliphatic heterocycles. The maximum Gasteiger partial charge on any atom is 0.123 e. The van der Waals surface area contributed by atoms with Crippen molar-refractivity contribution < 1.29 is 9.50 Å². The molecule has 1 atom stereocenters. The van der Waals surface area contributed by atoms with Crippen LogP contribution in [0.3, 0.4) is 0 Å². The van der Waals surface area contributed by atoms with Crippen molar-refractivity contribution >= 4 is 6.08 Å². The minimum absolute atomic E-state index is 0.00960. The van der Waals surface area contributed by atoms with Crippen LogP contribution in [0.15, 0.2) is 30.3 Å². The Kier molecular flexibility index (Phi) is 4.87. The predicted molar refractivity (Wildman–Crippen MR) is 70.8 cm³/mol. The second kappa shape index (κ2) is 6.64. The van der Waals surface area contributed by atoms with E-state index in [1.54, 1.807) is 6.07 Å². The van der Waals surface area contributed by atoms with Crippen molar-refractivity contribution in [1.29, 1.82) is 0 Å². The molecule has 0 bridgehead atoms. The SMILES string of the molecule is OCC(/C=C/c1cccc(F)c1)N1CCNCC1. The third-order valence-electron chi connectivity index (χ3n) is 3.17. The number of aliphatic hydroxyl groups is 1. The number of nitrogens with one attached hydrogen (secondary N) is 1. The largest absolute Gasteiger partial charge is 0.394 e. The van der Waals surface area contributed by atoms with Crippen molar-refractivity contribution in [1.82, 2.24) is 10.2 Å². The van der Waals surface area contributed by atoms with E-state index in [2.05, 4.69) is 10.2 Å². The monoisotopic (exact) mass is 250 g/mol. The second-order valence-corrected chi connectivity index (χ2v) is 4.45. The normalized spacial score (nSPS) is 19.2. The van der Waals surface area contributed by atoms with Crippen molar-refractivity contribution in [3.63, 3.8) is 0 Å². The number of rotatable bonds is 4. The molecule has 0 spiro atoms. The van der Waals surface area contributed by atoms with Gasteiger partial charge in [-0.3, -0.25) is 4.90 Å². The lowest BCUT2D eigenvalue weighted by atomic mass is 10.1. The van der Waals surface area contributed by atoms with Gasteiger partial charge in [0.2, 0.25) is 0 Å². The number of nitrogens with zero attached hydrogens (tertiary/aromatic N) is 1. The third kappa shape index (κ3) is 3.63. The maximum atomic E-state index is 13.0. The molecular formula is C14H19FN2O. The highest BCUT2D eigenvalue weighted by atomic mass is 19.1. The highest BCUT2D eigenvalue weighted by Gasteiger charge is 2.16. The van der Waals surface area contributed by atoms with Crippen LogP contribution in [0.1, 0.15) is 5.56 Å². The molecule has 0 aromatic heterocycles. The van der Waals surface area contributed by atoms with Gasteiger partial charge in [-0.05, 0) is 17.7 Å². The lowest BCUT2D eigenvalue weighted by Gasteiger charge is -2.32. The number of aliphatic hydroxyl groups excluding tert-OH is 1. The lowest BCUT2D eigenvalue weighted by molar-refractivity contribution is 0.138. The van der Waals surface area contributed by atoms with Gasteiger partial charge in [0.1, 0.15) is 5.82 Å². The molecule has 1 saturated heterocycles. The maximum absolute atomic E-state index is 13.0. The molecule has 0 radical (unpaired) electrons. The summed E-state index contributed by atoms with van der Waals surface area (Å²) in [7, 11) is 0. The van der Waals surface area contributed by atoms with E-state index >= 15 is 0 Å². The molecule has 1 aromatic carbocycles. The Hall–Kier alpha value is -1.23. The van der Waals surface area contributed by atoms with E-state index in [0.717, 1.165) is 31.7 Å². The third-order valence-corrected chi connectivity index (χ3v) is 3.17. The first-order valence-electron chi connectivity index (χ1n) is 6.29. The molecule has 0 saturated carbocycles. The van der Waals surface area contributed by atoms with Crippen LogP contribution in [0.25, 0.3) is 6.08 Å². The minimum atomic E-state index is -0.236. The zero-order valence-corrected chi connectivity index (χ0v) is 10.3. The predicted octanol–water partition coefficient (Wildman–Crippen LogP) is 1.10. The van der Waals surface area contributed by atoms with Gasteiger partial charge in [-0.25, -0.2) is 4.39 Å². The smallest absolute Gasteiger partial charge is 0.123 e. The van der Waals surface area contributed by atoms with Crippen LogP contribution in [0.4, 0.5) is 4.39 Å². The fourth-order valence-electron chi connectivity index (χ4n) is 2.14. The molecule has 1 unspecified atom stereocenters. The van der Waals surface area contributed by atoms with Crippen LogP contribution < -0.4 is 5.32 Å². The van der Waals surface area contributed by atoms with E-state index in [-0.39, 0.29) is 18.5 Å². The van der Waals surface area contributed by atoms with Gasteiger partial charge in [-0.1, -0.05) is 24.3 Å². The Morgan fingerprint density at radius 2 is 2.17 bits per heavy atom. The van der Waals surface area contributed by atoms with Gasteiger partial charge in [0.15, 0.2) is 0 Å². The van der Waals surface area contributed by atoms with E-state index in [0.29, 0.717) is 0 Å². The molecule has 1 aromatic rings. The standard InChI is InChI=1S/C14H19FN2O/c15-13-3-1-2-12(10-13)4-5-14(11-18)17-8-6-16-7-9-17/h1-5,10,14,16,18H,6-9,11H2/b5-4+. The van der Waals surface area contributed by atoms with Crippen LogP contribution in [0.5, 0.6) is 0 Å². The van der Waals surface area contributed by atoms with Crippen LogP contribution in [-0.2, 0) is 0 Å². The average molecular weight is 250 g/mol. The van der Waals surface area contributed by atoms with Crippen molar-refractivity contribution in [2.24, 2.45) is 0 Å². The van der Waals surface area contributed by atoms with Crippen LogP contribution in [0.2, 0.25) is 0 Å². The quantitative estimate of drug-likeness (QED) is 0.840. The first-order valence-corrected chi connectivity index (χ1v) is 6.29. The summed E-state index contributed by atoms with van der Waals surface area (Å²) in [6.07, 6.45) is 3.81. The minimum Gasteiger partial charge on any atom is -0.394 e. The molecule has 98 valence electrons. The number of halogens is 1. The molecule has 3 nitrogen and oxygen atoms in total. The summed E-state index contributed by atoms with van der Waals surface area (Å²) in [6.45, 7) is 3.85. The molecule has 1 fully saturated rings. The van der Waals surface area contributed by atoms with E-state index in [1.165, 1.54) is 12.1 Å². The Morgan fingerprint density at radius 1 is 1.39 bits per heavy atom. The zero-order valence-electron chi connectivity index (χ0n) is 10.3. The van der Waals surface area contributed by atoms with Crippen molar-refractivity contribution in [3.8, 4) is 0 Å². The first-order chi connectivity index (χ1) is 8.79. The summed E-state index contributed by atoms with van der Waals surface area (Å²) < 4.78 is 13.0. The zero-order chi connectivity index (χ0) is 12.8. The molecular weight excluding hydrogens is 231 g/mol. The van der Waals surface area contributed by atoms with Crippen LogP contribution in [0, 0.1) is 5.82 Å². The summed E-state index contributed by atoms with van der Waals surface area (Å²) >= 11 is 0. The summed E-state index contributed by atoms with van der Waals surface area (Å²) in [5.74, 6) is -0.236. The van der Waals surface area contributed by atoms with E-state index < -0.39 is 0 Å². The topological polar surface area (TPSA) is 35.5 Å². The first kappa shape index (κ1) is 13.2. The van der Waals surface area contributed by atoms with Gasteiger partial charge >= 0.3 is 0 Å². The summed E-state index contributed by atoms with van der Waals surface area (Å²) in [5, 5.41) is 12.7. The van der Waals surface area contributed by atoms with Gasteiger partial charge in [-0.2, -0.15) is 0 Å². The number of piperazine rings is 1. The fourth-order valence-corrected chi connectivity index (χ4v) is 2.14. The number of hydrogen-bond donors (Lipinski definition) is 2. The van der Waals surface area contributed by atoms with Crippen molar-refractivity contribution in [2.75, 3.05) is 32.8 Å². The van der Waals surface area contributed by atoms with Crippen molar-refractivity contribution in [2.45, 2.75) is 6.04 Å². The fraction of sp³-hybridized carbons (Fsp3) is 0.429. The molecule has 1 heterocycles. The van der Waals surface area contributed by atoms with Crippen LogP contribution >= 0.6 is 0 Å². The van der Waals surface area contributed by atoms with Crippen molar-refractivity contribution in [3.05, 3.63) is 41.7 Å². The highest BCUT2D eigenvalue weighted by molar-refractivity contribution is 5.49. The molecule has 2 N–H and O–H groups in total.